The summed E-state index contributed by atoms with van der Waals surface area (Å²) >= 11 is 0. The first-order chi connectivity index (χ1) is 8.76. The zero-order chi connectivity index (χ0) is 13.0. The van der Waals surface area contributed by atoms with Crippen LogP contribution in [-0.4, -0.2) is 13.1 Å². The molecule has 0 fully saturated rings. The van der Waals surface area contributed by atoms with Crippen molar-refractivity contribution in [2.45, 2.75) is 0 Å². The van der Waals surface area contributed by atoms with Gasteiger partial charge in [0.15, 0.2) is 0 Å². The molecule has 1 aliphatic carbocycles. The second kappa shape index (κ2) is 5.15. The van der Waals surface area contributed by atoms with E-state index in [1.807, 2.05) is 42.5 Å². The Morgan fingerprint density at radius 1 is 1.11 bits per heavy atom. The Bertz CT molecular complexity index is 616. The number of hydrogen-bond acceptors (Lipinski definition) is 3. The third-order valence-corrected chi connectivity index (χ3v) is 2.67. The van der Waals surface area contributed by atoms with Gasteiger partial charge in [-0.05, 0) is 23.3 Å². The fourth-order valence-electron chi connectivity index (χ4n) is 1.73. The summed E-state index contributed by atoms with van der Waals surface area (Å²) in [6.07, 6.45) is 6.88. The van der Waals surface area contributed by atoms with E-state index in [0.29, 0.717) is 5.57 Å². The SMILES string of the molecule is COC(=O)C1=C(C#N)/C=C\c2ccccc2/C=C\1. The van der Waals surface area contributed by atoms with E-state index in [9.17, 15) is 4.79 Å². The fourth-order valence-corrected chi connectivity index (χ4v) is 1.73. The first-order valence-corrected chi connectivity index (χ1v) is 5.44. The first kappa shape index (κ1) is 11.9. The Labute approximate surface area is 105 Å². The van der Waals surface area contributed by atoms with Crippen LogP contribution in [0, 0.1) is 11.3 Å². The molecule has 0 saturated carbocycles. The van der Waals surface area contributed by atoms with Gasteiger partial charge < -0.3 is 4.74 Å². The summed E-state index contributed by atoms with van der Waals surface area (Å²) in [5.41, 5.74) is 2.57. The number of esters is 1. The maximum absolute atomic E-state index is 11.6. The molecule has 0 aliphatic heterocycles. The molecule has 0 aromatic heterocycles. The van der Waals surface area contributed by atoms with Crippen molar-refractivity contribution in [2.24, 2.45) is 0 Å². The van der Waals surface area contributed by atoms with E-state index in [1.54, 1.807) is 12.2 Å². The predicted octanol–water partition coefficient (Wildman–Crippen LogP) is 2.72. The van der Waals surface area contributed by atoms with Crippen LogP contribution >= 0.6 is 0 Å². The summed E-state index contributed by atoms with van der Waals surface area (Å²) < 4.78 is 4.67. The maximum Gasteiger partial charge on any atom is 0.339 e. The summed E-state index contributed by atoms with van der Waals surface area (Å²) in [6, 6.07) is 9.76. The molecule has 1 aromatic rings. The number of benzene rings is 1. The average Bonchev–Trinajstić information content (AvgIpc) is 2.39. The van der Waals surface area contributed by atoms with E-state index in [4.69, 9.17) is 5.26 Å². The molecule has 0 saturated heterocycles. The number of ether oxygens (including phenoxy) is 1. The van der Waals surface area contributed by atoms with E-state index in [-0.39, 0.29) is 5.57 Å². The van der Waals surface area contributed by atoms with Crippen molar-refractivity contribution < 1.29 is 9.53 Å². The summed E-state index contributed by atoms with van der Waals surface area (Å²) in [5, 5.41) is 9.07. The van der Waals surface area contributed by atoms with Crippen molar-refractivity contribution in [1.29, 1.82) is 5.26 Å². The second-order valence-corrected chi connectivity index (χ2v) is 3.73. The van der Waals surface area contributed by atoms with Crippen molar-refractivity contribution in [1.82, 2.24) is 0 Å². The fraction of sp³-hybridized carbons (Fsp3) is 0.0667. The smallest absolute Gasteiger partial charge is 0.339 e. The lowest BCUT2D eigenvalue weighted by atomic mass is 9.99. The number of fused-ring (bicyclic) bond motifs is 1. The molecular formula is C15H11NO2. The largest absolute Gasteiger partial charge is 0.465 e. The predicted molar refractivity (Wildman–Crippen MR) is 69.2 cm³/mol. The minimum absolute atomic E-state index is 0.269. The van der Waals surface area contributed by atoms with Crippen LogP contribution in [0.5, 0.6) is 0 Å². The highest BCUT2D eigenvalue weighted by atomic mass is 16.5. The molecular weight excluding hydrogens is 226 g/mol. The minimum Gasteiger partial charge on any atom is -0.465 e. The van der Waals surface area contributed by atoms with Gasteiger partial charge in [-0.3, -0.25) is 0 Å². The van der Waals surface area contributed by atoms with Gasteiger partial charge in [-0.1, -0.05) is 36.4 Å². The van der Waals surface area contributed by atoms with Crippen LogP contribution in [0.3, 0.4) is 0 Å². The molecule has 0 N–H and O–H groups in total. The Kier molecular flexibility index (Phi) is 3.40. The molecule has 88 valence electrons. The molecule has 18 heavy (non-hydrogen) atoms. The van der Waals surface area contributed by atoms with Crippen molar-refractivity contribution in [3.8, 4) is 6.07 Å². The Hall–Kier alpha value is -2.60. The molecule has 3 heteroatoms. The van der Waals surface area contributed by atoms with Gasteiger partial charge in [-0.15, -0.1) is 0 Å². The molecule has 0 heterocycles. The van der Waals surface area contributed by atoms with Crippen molar-refractivity contribution in [3.05, 3.63) is 58.7 Å². The van der Waals surface area contributed by atoms with E-state index < -0.39 is 5.97 Å². The van der Waals surface area contributed by atoms with Crippen LogP contribution in [0.15, 0.2) is 47.6 Å². The number of nitriles is 1. The van der Waals surface area contributed by atoms with E-state index >= 15 is 0 Å². The molecule has 0 bridgehead atoms. The molecule has 0 atom stereocenters. The van der Waals surface area contributed by atoms with Crippen LogP contribution in [0.1, 0.15) is 11.1 Å². The van der Waals surface area contributed by atoms with Gasteiger partial charge in [-0.2, -0.15) is 5.26 Å². The maximum atomic E-state index is 11.6. The van der Waals surface area contributed by atoms with Gasteiger partial charge in [0.1, 0.15) is 6.07 Å². The van der Waals surface area contributed by atoms with Gasteiger partial charge in [0.05, 0.1) is 18.3 Å². The summed E-state index contributed by atoms with van der Waals surface area (Å²) in [7, 11) is 1.30. The third-order valence-electron chi connectivity index (χ3n) is 2.67. The van der Waals surface area contributed by atoms with Crippen molar-refractivity contribution in [2.75, 3.05) is 7.11 Å². The lowest BCUT2D eigenvalue weighted by Crippen LogP contribution is -2.05. The van der Waals surface area contributed by atoms with E-state index in [0.717, 1.165) is 11.1 Å². The van der Waals surface area contributed by atoms with Gasteiger partial charge in [0.2, 0.25) is 0 Å². The Morgan fingerprint density at radius 2 is 1.72 bits per heavy atom. The zero-order valence-corrected chi connectivity index (χ0v) is 9.88. The van der Waals surface area contributed by atoms with Crippen molar-refractivity contribution >= 4 is 18.1 Å². The second-order valence-electron chi connectivity index (χ2n) is 3.73. The number of rotatable bonds is 1. The molecule has 0 spiro atoms. The quantitative estimate of drug-likeness (QED) is 0.705. The summed E-state index contributed by atoms with van der Waals surface area (Å²) in [6.45, 7) is 0. The standard InChI is InChI=1S/C15H11NO2/c1-18-15(17)14-9-8-12-5-3-2-4-11(12)6-7-13(14)10-16/h2-9H,1H3/b7-6-,9-8-,11-6?,12-8?,13-7?,14-9?,14-13-. The average molecular weight is 237 g/mol. The van der Waals surface area contributed by atoms with Gasteiger partial charge in [0, 0.05) is 0 Å². The number of carbonyl (C=O) groups is 1. The van der Waals surface area contributed by atoms with E-state index in [1.165, 1.54) is 7.11 Å². The minimum atomic E-state index is -0.508. The van der Waals surface area contributed by atoms with Crippen LogP contribution in [0.25, 0.3) is 12.2 Å². The van der Waals surface area contributed by atoms with Crippen LogP contribution in [0.2, 0.25) is 0 Å². The molecule has 0 unspecified atom stereocenters. The number of allylic oxidation sites excluding steroid dienone is 2. The molecule has 1 aromatic carbocycles. The number of nitrogens with zero attached hydrogens (tertiary/aromatic N) is 1. The molecule has 0 radical (unpaired) electrons. The topological polar surface area (TPSA) is 50.1 Å². The van der Waals surface area contributed by atoms with Crippen LogP contribution < -0.4 is 0 Å². The number of hydrogen-bond donors (Lipinski definition) is 0. The molecule has 0 amide bonds. The first-order valence-electron chi connectivity index (χ1n) is 5.44. The van der Waals surface area contributed by atoms with Crippen LogP contribution in [-0.2, 0) is 9.53 Å². The third kappa shape index (κ3) is 2.23. The van der Waals surface area contributed by atoms with Gasteiger partial charge in [-0.25, -0.2) is 4.79 Å². The highest BCUT2D eigenvalue weighted by Crippen LogP contribution is 2.20. The Morgan fingerprint density at radius 3 is 2.28 bits per heavy atom. The van der Waals surface area contributed by atoms with Crippen LogP contribution in [0.4, 0.5) is 0 Å². The monoisotopic (exact) mass is 237 g/mol. The lowest BCUT2D eigenvalue weighted by Gasteiger charge is -2.06. The number of methoxy groups -OCH3 is 1. The highest BCUT2D eigenvalue weighted by molar-refractivity contribution is 5.96. The number of carbonyl (C=O) groups excluding carboxylic acids is 1. The molecule has 1 aliphatic rings. The normalized spacial score (nSPS) is 20.9. The lowest BCUT2D eigenvalue weighted by molar-refractivity contribution is -0.135. The van der Waals surface area contributed by atoms with Gasteiger partial charge >= 0.3 is 5.97 Å². The molecule has 3 nitrogen and oxygen atoms in total. The molecule has 2 rings (SSSR count). The highest BCUT2D eigenvalue weighted by Gasteiger charge is 2.13. The zero-order valence-electron chi connectivity index (χ0n) is 9.88. The van der Waals surface area contributed by atoms with Crippen molar-refractivity contribution in [3.63, 3.8) is 0 Å². The summed E-state index contributed by atoms with van der Waals surface area (Å²) in [4.78, 5) is 11.6. The van der Waals surface area contributed by atoms with E-state index in [2.05, 4.69) is 4.74 Å². The summed E-state index contributed by atoms with van der Waals surface area (Å²) in [5.74, 6) is -0.508. The van der Waals surface area contributed by atoms with Gasteiger partial charge in [0.25, 0.3) is 0 Å². The Balaban J connectivity index is 2.56.